The third-order valence-electron chi connectivity index (χ3n) is 5.16. The standard InChI is InChI=1S/C17H25N3O/c1-11-9-12(2)19-17(15(11)16(18)21)20-8-7-13-5-3-4-6-14(13)10-20/h9,13-14H,3-8,10H2,1-2H3,(H2,18,21)/t13-,14+/m1/s1. The van der Waals surface area contributed by atoms with Crippen molar-refractivity contribution >= 4 is 11.7 Å². The minimum absolute atomic E-state index is 0.360. The SMILES string of the molecule is Cc1cc(C)c(C(N)=O)c(N2CC[C@H]3CCCC[C@H]3C2)n1. The Morgan fingerprint density at radius 3 is 2.67 bits per heavy atom. The fourth-order valence-corrected chi connectivity index (χ4v) is 4.14. The summed E-state index contributed by atoms with van der Waals surface area (Å²) in [5.74, 6) is 2.08. The Kier molecular flexibility index (Phi) is 3.87. The van der Waals surface area contributed by atoms with E-state index in [-0.39, 0.29) is 5.91 Å². The Labute approximate surface area is 126 Å². The van der Waals surface area contributed by atoms with Crippen molar-refractivity contribution in [2.45, 2.75) is 46.0 Å². The van der Waals surface area contributed by atoms with Crippen molar-refractivity contribution in [2.75, 3.05) is 18.0 Å². The first-order valence-electron chi connectivity index (χ1n) is 8.09. The highest BCUT2D eigenvalue weighted by Gasteiger charge is 2.33. The number of aryl methyl sites for hydroxylation is 2. The first-order valence-corrected chi connectivity index (χ1v) is 8.09. The van der Waals surface area contributed by atoms with Crippen LogP contribution in [0.5, 0.6) is 0 Å². The zero-order valence-electron chi connectivity index (χ0n) is 13.1. The number of pyridine rings is 1. The second-order valence-electron chi connectivity index (χ2n) is 6.68. The highest BCUT2D eigenvalue weighted by atomic mass is 16.1. The highest BCUT2D eigenvalue weighted by Crippen LogP contribution is 2.38. The molecule has 1 amide bonds. The number of carbonyl (C=O) groups is 1. The fraction of sp³-hybridized carbons (Fsp3) is 0.647. The van der Waals surface area contributed by atoms with Gasteiger partial charge in [0.15, 0.2) is 0 Å². The van der Waals surface area contributed by atoms with Crippen LogP contribution in [0, 0.1) is 25.7 Å². The molecule has 2 N–H and O–H groups in total. The average Bonchev–Trinajstić information content (AvgIpc) is 2.45. The maximum absolute atomic E-state index is 11.8. The van der Waals surface area contributed by atoms with Gasteiger partial charge in [0, 0.05) is 18.8 Å². The molecule has 2 fully saturated rings. The second-order valence-corrected chi connectivity index (χ2v) is 6.68. The summed E-state index contributed by atoms with van der Waals surface area (Å²) in [5.41, 5.74) is 8.10. The van der Waals surface area contributed by atoms with Gasteiger partial charge >= 0.3 is 0 Å². The predicted octanol–water partition coefficient (Wildman–Crippen LogP) is 2.81. The Hall–Kier alpha value is -1.58. The van der Waals surface area contributed by atoms with Gasteiger partial charge in [-0.05, 0) is 50.2 Å². The number of nitrogens with zero attached hydrogens (tertiary/aromatic N) is 2. The first kappa shape index (κ1) is 14.4. The van der Waals surface area contributed by atoms with E-state index in [0.717, 1.165) is 42.0 Å². The van der Waals surface area contributed by atoms with E-state index in [1.807, 2.05) is 19.9 Å². The molecule has 3 rings (SSSR count). The maximum atomic E-state index is 11.8. The van der Waals surface area contributed by atoms with E-state index >= 15 is 0 Å². The summed E-state index contributed by atoms with van der Waals surface area (Å²) in [4.78, 5) is 18.8. The molecule has 2 heterocycles. The number of piperidine rings is 1. The lowest BCUT2D eigenvalue weighted by Gasteiger charge is -2.42. The van der Waals surface area contributed by atoms with E-state index < -0.39 is 0 Å². The van der Waals surface area contributed by atoms with Crippen LogP contribution in [0.1, 0.15) is 53.7 Å². The molecule has 0 bridgehead atoms. The molecule has 0 spiro atoms. The van der Waals surface area contributed by atoms with Crippen molar-refractivity contribution in [1.29, 1.82) is 0 Å². The van der Waals surface area contributed by atoms with Gasteiger partial charge in [0.2, 0.25) is 0 Å². The van der Waals surface area contributed by atoms with E-state index in [1.165, 1.54) is 32.1 Å². The van der Waals surface area contributed by atoms with Gasteiger partial charge in [-0.15, -0.1) is 0 Å². The third-order valence-corrected chi connectivity index (χ3v) is 5.16. The molecule has 0 aromatic carbocycles. The topological polar surface area (TPSA) is 59.2 Å². The molecule has 1 aliphatic heterocycles. The Morgan fingerprint density at radius 1 is 1.24 bits per heavy atom. The van der Waals surface area contributed by atoms with Crippen LogP contribution in [0.3, 0.4) is 0 Å². The number of rotatable bonds is 2. The highest BCUT2D eigenvalue weighted by molar-refractivity contribution is 5.99. The van der Waals surface area contributed by atoms with Gasteiger partial charge in [-0.1, -0.05) is 19.3 Å². The Morgan fingerprint density at radius 2 is 1.95 bits per heavy atom. The number of fused-ring (bicyclic) bond motifs is 1. The first-order chi connectivity index (χ1) is 10.1. The van der Waals surface area contributed by atoms with E-state index in [2.05, 4.69) is 9.88 Å². The molecule has 1 aliphatic carbocycles. The van der Waals surface area contributed by atoms with Crippen LogP contribution >= 0.6 is 0 Å². The summed E-state index contributed by atoms with van der Waals surface area (Å²) in [6.45, 7) is 5.96. The molecular formula is C17H25N3O. The van der Waals surface area contributed by atoms with E-state index in [1.54, 1.807) is 0 Å². The van der Waals surface area contributed by atoms with Crippen LogP contribution in [-0.4, -0.2) is 24.0 Å². The van der Waals surface area contributed by atoms with Gasteiger partial charge < -0.3 is 10.6 Å². The Bertz CT molecular complexity index is 555. The van der Waals surface area contributed by atoms with Crippen LogP contribution in [0.4, 0.5) is 5.82 Å². The van der Waals surface area contributed by atoms with Gasteiger partial charge in [-0.25, -0.2) is 4.98 Å². The summed E-state index contributed by atoms with van der Waals surface area (Å²) in [5, 5.41) is 0. The fourth-order valence-electron chi connectivity index (χ4n) is 4.14. The molecular weight excluding hydrogens is 262 g/mol. The zero-order chi connectivity index (χ0) is 15.0. The number of carbonyl (C=O) groups excluding carboxylic acids is 1. The van der Waals surface area contributed by atoms with Crippen LogP contribution in [0.15, 0.2) is 6.07 Å². The Balaban J connectivity index is 1.91. The smallest absolute Gasteiger partial charge is 0.252 e. The van der Waals surface area contributed by atoms with Gasteiger partial charge in [-0.2, -0.15) is 0 Å². The molecule has 2 aliphatic rings. The largest absolute Gasteiger partial charge is 0.365 e. The summed E-state index contributed by atoms with van der Waals surface area (Å²) in [7, 11) is 0. The van der Waals surface area contributed by atoms with Crippen molar-refractivity contribution in [1.82, 2.24) is 4.98 Å². The molecule has 1 saturated heterocycles. The number of amides is 1. The molecule has 4 heteroatoms. The van der Waals surface area contributed by atoms with Gasteiger partial charge in [-0.3, -0.25) is 4.79 Å². The minimum atomic E-state index is -0.360. The number of anilines is 1. The van der Waals surface area contributed by atoms with E-state index in [4.69, 9.17) is 5.73 Å². The summed E-state index contributed by atoms with van der Waals surface area (Å²) < 4.78 is 0. The number of hydrogen-bond donors (Lipinski definition) is 1. The van der Waals surface area contributed by atoms with Crippen LogP contribution in [0.25, 0.3) is 0 Å². The number of primary amides is 1. The van der Waals surface area contributed by atoms with Crippen LogP contribution in [0.2, 0.25) is 0 Å². The molecule has 1 saturated carbocycles. The van der Waals surface area contributed by atoms with Crippen molar-refractivity contribution in [2.24, 2.45) is 17.6 Å². The molecule has 21 heavy (non-hydrogen) atoms. The normalized spacial score (nSPS) is 25.5. The van der Waals surface area contributed by atoms with Crippen LogP contribution in [-0.2, 0) is 0 Å². The lowest BCUT2D eigenvalue weighted by Crippen LogP contribution is -2.43. The number of aromatic nitrogens is 1. The van der Waals surface area contributed by atoms with Crippen molar-refractivity contribution in [3.63, 3.8) is 0 Å². The summed E-state index contributed by atoms with van der Waals surface area (Å²) in [6, 6.07) is 1.94. The minimum Gasteiger partial charge on any atom is -0.365 e. The van der Waals surface area contributed by atoms with Crippen molar-refractivity contribution in [3.8, 4) is 0 Å². The second kappa shape index (κ2) is 5.66. The maximum Gasteiger partial charge on any atom is 0.252 e. The molecule has 2 atom stereocenters. The monoisotopic (exact) mass is 287 g/mol. The van der Waals surface area contributed by atoms with Crippen molar-refractivity contribution in [3.05, 3.63) is 22.9 Å². The predicted molar refractivity (Wildman–Crippen MR) is 84.5 cm³/mol. The van der Waals surface area contributed by atoms with Gasteiger partial charge in [0.05, 0.1) is 5.56 Å². The number of hydrogen-bond acceptors (Lipinski definition) is 3. The zero-order valence-corrected chi connectivity index (χ0v) is 13.1. The van der Waals surface area contributed by atoms with E-state index in [9.17, 15) is 4.79 Å². The lowest BCUT2D eigenvalue weighted by molar-refractivity contribution is 0.0999. The van der Waals surface area contributed by atoms with Crippen molar-refractivity contribution < 1.29 is 4.79 Å². The van der Waals surface area contributed by atoms with Gasteiger partial charge in [0.25, 0.3) is 5.91 Å². The number of nitrogens with two attached hydrogens (primary N) is 1. The molecule has 114 valence electrons. The summed E-state index contributed by atoms with van der Waals surface area (Å²) in [6.07, 6.45) is 6.64. The third kappa shape index (κ3) is 2.76. The molecule has 1 aromatic rings. The van der Waals surface area contributed by atoms with Crippen LogP contribution < -0.4 is 10.6 Å². The molecule has 1 aromatic heterocycles. The lowest BCUT2D eigenvalue weighted by atomic mass is 9.75. The van der Waals surface area contributed by atoms with Gasteiger partial charge in [0.1, 0.15) is 5.82 Å². The molecule has 0 radical (unpaired) electrons. The molecule has 4 nitrogen and oxygen atoms in total. The van der Waals surface area contributed by atoms with E-state index in [0.29, 0.717) is 5.56 Å². The molecule has 0 unspecified atom stereocenters. The summed E-state index contributed by atoms with van der Waals surface area (Å²) >= 11 is 0. The quantitative estimate of drug-likeness (QED) is 0.910. The average molecular weight is 287 g/mol.